The molecule has 0 heterocycles. The second-order valence-electron chi connectivity index (χ2n) is 4.91. The molecule has 1 aliphatic rings. The van der Waals surface area contributed by atoms with Gasteiger partial charge in [0.05, 0.1) is 0 Å². The lowest BCUT2D eigenvalue weighted by Crippen LogP contribution is -2.23. The van der Waals surface area contributed by atoms with Gasteiger partial charge in [-0.15, -0.1) is 11.8 Å². The Labute approximate surface area is 113 Å². The van der Waals surface area contributed by atoms with Crippen LogP contribution in [0.2, 0.25) is 0 Å². The third-order valence-electron chi connectivity index (χ3n) is 3.45. The molecule has 0 saturated heterocycles. The Hall–Kier alpha value is -0.960. The van der Waals surface area contributed by atoms with Gasteiger partial charge < -0.3 is 5.11 Å². The van der Waals surface area contributed by atoms with Crippen molar-refractivity contribution in [3.8, 4) is 0 Å². The van der Waals surface area contributed by atoms with Gasteiger partial charge in [0.2, 0.25) is 0 Å². The summed E-state index contributed by atoms with van der Waals surface area (Å²) in [6.07, 6.45) is 6.84. The van der Waals surface area contributed by atoms with E-state index in [4.69, 9.17) is 0 Å². The van der Waals surface area contributed by atoms with Crippen molar-refractivity contribution in [3.05, 3.63) is 35.9 Å². The number of hydrogen-bond acceptors (Lipinski definition) is 2. The monoisotopic (exact) mass is 264 g/mol. The number of carboxylic acid groups (broad SMARTS) is 1. The first kappa shape index (κ1) is 13.5. The van der Waals surface area contributed by atoms with Crippen molar-refractivity contribution in [2.45, 2.75) is 49.0 Å². The molecule has 1 unspecified atom stereocenters. The molecule has 2 nitrogen and oxygen atoms in total. The predicted molar refractivity (Wildman–Crippen MR) is 76.0 cm³/mol. The molecule has 0 bridgehead atoms. The standard InChI is InChI=1S/C15H20O2S/c16-15(17)14(11-12-7-3-1-4-8-12)18-13-9-5-2-6-10-13/h1,3-4,7-8,13-14H,2,5-6,9-11H2,(H,16,17). The summed E-state index contributed by atoms with van der Waals surface area (Å²) in [5, 5.41) is 9.59. The number of carboxylic acids is 1. The predicted octanol–water partition coefficient (Wildman–Crippen LogP) is 3.75. The molecular formula is C15H20O2S. The Bertz CT molecular complexity index is 371. The van der Waals surface area contributed by atoms with Crippen molar-refractivity contribution >= 4 is 17.7 Å². The molecule has 0 amide bonds. The quantitative estimate of drug-likeness (QED) is 0.880. The largest absolute Gasteiger partial charge is 0.480 e. The summed E-state index contributed by atoms with van der Waals surface area (Å²) in [7, 11) is 0. The normalized spacial score (nSPS) is 18.4. The molecular weight excluding hydrogens is 244 g/mol. The summed E-state index contributed by atoms with van der Waals surface area (Å²) in [5.74, 6) is -0.672. The van der Waals surface area contributed by atoms with Gasteiger partial charge >= 0.3 is 5.97 Å². The van der Waals surface area contributed by atoms with Gasteiger partial charge in [0, 0.05) is 5.25 Å². The number of carbonyl (C=O) groups is 1. The summed E-state index contributed by atoms with van der Waals surface area (Å²) in [6.45, 7) is 0. The van der Waals surface area contributed by atoms with Crippen molar-refractivity contribution in [2.24, 2.45) is 0 Å². The number of benzene rings is 1. The molecule has 1 aromatic carbocycles. The summed E-state index contributed by atoms with van der Waals surface area (Å²) >= 11 is 1.67. The van der Waals surface area contributed by atoms with Gasteiger partial charge in [-0.3, -0.25) is 4.79 Å². The Morgan fingerprint density at radius 2 is 1.89 bits per heavy atom. The summed E-state index contributed by atoms with van der Waals surface area (Å²) in [4.78, 5) is 11.4. The maximum Gasteiger partial charge on any atom is 0.316 e. The molecule has 3 heteroatoms. The second-order valence-corrected chi connectivity index (χ2v) is 6.42. The Morgan fingerprint density at radius 1 is 1.22 bits per heavy atom. The third kappa shape index (κ3) is 4.05. The van der Waals surface area contributed by atoms with E-state index in [0.29, 0.717) is 11.7 Å². The number of hydrogen-bond donors (Lipinski definition) is 1. The Balaban J connectivity index is 1.93. The minimum Gasteiger partial charge on any atom is -0.480 e. The number of thioether (sulfide) groups is 1. The lowest BCUT2D eigenvalue weighted by atomic mass is 10.0. The fourth-order valence-corrected chi connectivity index (χ4v) is 3.93. The highest BCUT2D eigenvalue weighted by atomic mass is 32.2. The van der Waals surface area contributed by atoms with Gasteiger partial charge in [-0.2, -0.15) is 0 Å². The van der Waals surface area contributed by atoms with Crippen molar-refractivity contribution in [3.63, 3.8) is 0 Å². The van der Waals surface area contributed by atoms with Crippen LogP contribution in [0, 0.1) is 0 Å². The smallest absolute Gasteiger partial charge is 0.316 e. The van der Waals surface area contributed by atoms with Crippen LogP contribution in [0.3, 0.4) is 0 Å². The summed E-state index contributed by atoms with van der Waals surface area (Å²) in [5.41, 5.74) is 1.12. The molecule has 1 aromatic rings. The van der Waals surface area contributed by atoms with Crippen molar-refractivity contribution < 1.29 is 9.90 Å². The highest BCUT2D eigenvalue weighted by Gasteiger charge is 2.24. The van der Waals surface area contributed by atoms with Gasteiger partial charge in [0.15, 0.2) is 0 Å². The first-order valence-electron chi connectivity index (χ1n) is 6.68. The van der Waals surface area contributed by atoms with E-state index in [1.54, 1.807) is 11.8 Å². The van der Waals surface area contributed by atoms with Crippen LogP contribution in [-0.2, 0) is 11.2 Å². The molecule has 1 atom stereocenters. The fraction of sp³-hybridized carbons (Fsp3) is 0.533. The van der Waals surface area contributed by atoms with E-state index < -0.39 is 5.97 Å². The van der Waals surface area contributed by atoms with E-state index in [1.807, 2.05) is 30.3 Å². The maximum atomic E-state index is 11.4. The van der Waals surface area contributed by atoms with Gasteiger partial charge in [-0.05, 0) is 24.8 Å². The van der Waals surface area contributed by atoms with Crippen molar-refractivity contribution in [2.75, 3.05) is 0 Å². The van der Waals surface area contributed by atoms with Crippen LogP contribution in [0.4, 0.5) is 0 Å². The van der Waals surface area contributed by atoms with Crippen LogP contribution < -0.4 is 0 Å². The van der Waals surface area contributed by atoms with E-state index in [-0.39, 0.29) is 5.25 Å². The molecule has 18 heavy (non-hydrogen) atoms. The molecule has 0 aromatic heterocycles. The Morgan fingerprint density at radius 3 is 2.50 bits per heavy atom. The molecule has 2 rings (SSSR count). The van der Waals surface area contributed by atoms with Crippen LogP contribution in [0.25, 0.3) is 0 Å². The van der Waals surface area contributed by atoms with E-state index >= 15 is 0 Å². The SMILES string of the molecule is O=C(O)C(Cc1ccccc1)SC1CCCCC1. The van der Waals surface area contributed by atoms with Crippen LogP contribution in [0.1, 0.15) is 37.7 Å². The maximum absolute atomic E-state index is 11.4. The minimum atomic E-state index is -0.672. The second kappa shape index (κ2) is 6.83. The van der Waals surface area contributed by atoms with Crippen molar-refractivity contribution in [1.29, 1.82) is 0 Å². The van der Waals surface area contributed by atoms with Crippen LogP contribution in [0.5, 0.6) is 0 Å². The summed E-state index contributed by atoms with van der Waals surface area (Å²) < 4.78 is 0. The Kier molecular flexibility index (Phi) is 5.12. The number of rotatable bonds is 5. The molecule has 0 aliphatic heterocycles. The molecule has 1 aliphatic carbocycles. The summed E-state index contributed by atoms with van der Waals surface area (Å²) in [6, 6.07) is 9.93. The number of aliphatic carboxylic acids is 1. The zero-order valence-corrected chi connectivity index (χ0v) is 11.4. The van der Waals surface area contributed by atoms with Gasteiger partial charge in [0.1, 0.15) is 5.25 Å². The van der Waals surface area contributed by atoms with E-state index in [0.717, 1.165) is 5.56 Å². The average molecular weight is 264 g/mol. The third-order valence-corrected chi connectivity index (χ3v) is 5.00. The fourth-order valence-electron chi connectivity index (χ4n) is 2.46. The minimum absolute atomic E-state index is 0.296. The first-order chi connectivity index (χ1) is 8.75. The van der Waals surface area contributed by atoms with E-state index in [2.05, 4.69) is 0 Å². The highest BCUT2D eigenvalue weighted by molar-refractivity contribution is 8.01. The van der Waals surface area contributed by atoms with Crippen molar-refractivity contribution in [1.82, 2.24) is 0 Å². The van der Waals surface area contributed by atoms with Crippen LogP contribution in [-0.4, -0.2) is 21.6 Å². The van der Waals surface area contributed by atoms with Gasteiger partial charge in [-0.25, -0.2) is 0 Å². The molecule has 1 saturated carbocycles. The van der Waals surface area contributed by atoms with Gasteiger partial charge in [0.25, 0.3) is 0 Å². The zero-order valence-electron chi connectivity index (χ0n) is 10.5. The first-order valence-corrected chi connectivity index (χ1v) is 7.62. The lowest BCUT2D eigenvalue weighted by molar-refractivity contribution is -0.136. The molecule has 98 valence electrons. The average Bonchev–Trinajstić information content (AvgIpc) is 2.40. The van der Waals surface area contributed by atoms with Crippen LogP contribution in [0.15, 0.2) is 30.3 Å². The van der Waals surface area contributed by atoms with E-state index in [9.17, 15) is 9.90 Å². The topological polar surface area (TPSA) is 37.3 Å². The van der Waals surface area contributed by atoms with Gasteiger partial charge in [-0.1, -0.05) is 49.6 Å². The highest BCUT2D eigenvalue weighted by Crippen LogP contribution is 2.32. The zero-order chi connectivity index (χ0) is 12.8. The molecule has 1 fully saturated rings. The molecule has 1 N–H and O–H groups in total. The van der Waals surface area contributed by atoms with E-state index in [1.165, 1.54) is 32.1 Å². The van der Waals surface area contributed by atoms with Crippen LogP contribution >= 0.6 is 11.8 Å². The molecule has 0 radical (unpaired) electrons. The molecule has 0 spiro atoms. The lowest BCUT2D eigenvalue weighted by Gasteiger charge is -2.24.